The van der Waals surface area contributed by atoms with Gasteiger partial charge in [0.05, 0.1) is 7.11 Å². The molecule has 0 saturated carbocycles. The van der Waals surface area contributed by atoms with Crippen LogP contribution in [-0.2, 0) is 11.2 Å². The topological polar surface area (TPSA) is 32.8 Å². The lowest BCUT2D eigenvalue weighted by Crippen LogP contribution is -2.35. The molecular formula is C22H36N2O2. The number of amides is 1. The summed E-state index contributed by atoms with van der Waals surface area (Å²) in [7, 11) is 1.74. The maximum Gasteiger partial charge on any atom is 0.222 e. The van der Waals surface area contributed by atoms with Crippen molar-refractivity contribution in [2.24, 2.45) is 0 Å². The van der Waals surface area contributed by atoms with Crippen LogP contribution in [0.2, 0.25) is 0 Å². The number of unbranched alkanes of at least 4 members (excludes halogenated alkanes) is 1. The molecule has 1 fully saturated rings. The maximum atomic E-state index is 12.1. The van der Waals surface area contributed by atoms with Gasteiger partial charge in [-0.05, 0) is 64.1 Å². The molecule has 1 saturated heterocycles. The van der Waals surface area contributed by atoms with Gasteiger partial charge in [0.15, 0.2) is 0 Å². The molecule has 4 heteroatoms. The summed E-state index contributed by atoms with van der Waals surface area (Å²) in [6, 6.07) is 8.82. The molecule has 0 atom stereocenters. The molecule has 0 bridgehead atoms. The molecule has 0 spiro atoms. The van der Waals surface area contributed by atoms with Gasteiger partial charge in [0.25, 0.3) is 0 Å². The maximum absolute atomic E-state index is 12.1. The summed E-state index contributed by atoms with van der Waals surface area (Å²) >= 11 is 0. The molecule has 1 aromatic rings. The molecule has 1 amide bonds. The lowest BCUT2D eigenvalue weighted by Gasteiger charge is -2.27. The summed E-state index contributed by atoms with van der Waals surface area (Å²) in [6.45, 7) is 8.55. The third kappa shape index (κ3) is 6.64. The second-order valence-corrected chi connectivity index (χ2v) is 7.59. The number of benzene rings is 1. The van der Waals surface area contributed by atoms with Crippen LogP contribution in [0.15, 0.2) is 24.3 Å². The van der Waals surface area contributed by atoms with E-state index in [4.69, 9.17) is 4.74 Å². The van der Waals surface area contributed by atoms with Gasteiger partial charge in [-0.15, -0.1) is 0 Å². The predicted molar refractivity (Wildman–Crippen MR) is 108 cm³/mol. The Hall–Kier alpha value is -1.55. The lowest BCUT2D eigenvalue weighted by molar-refractivity contribution is -0.130. The number of likely N-dealkylation sites (tertiary alicyclic amines) is 1. The van der Waals surface area contributed by atoms with E-state index in [1.54, 1.807) is 7.11 Å². The van der Waals surface area contributed by atoms with Crippen molar-refractivity contribution in [3.05, 3.63) is 29.8 Å². The van der Waals surface area contributed by atoms with E-state index in [1.165, 1.54) is 18.4 Å². The molecule has 26 heavy (non-hydrogen) atoms. The van der Waals surface area contributed by atoms with Crippen molar-refractivity contribution in [3.8, 4) is 5.75 Å². The quantitative estimate of drug-likeness (QED) is 0.588. The molecule has 146 valence electrons. The fraction of sp³-hybridized carbons (Fsp3) is 0.682. The van der Waals surface area contributed by atoms with Gasteiger partial charge in [0.1, 0.15) is 5.75 Å². The smallest absolute Gasteiger partial charge is 0.222 e. The zero-order chi connectivity index (χ0) is 18.8. The van der Waals surface area contributed by atoms with E-state index in [1.807, 2.05) is 12.1 Å². The highest BCUT2D eigenvalue weighted by Gasteiger charge is 2.16. The molecule has 1 aromatic carbocycles. The minimum Gasteiger partial charge on any atom is -0.496 e. The van der Waals surface area contributed by atoms with Crippen molar-refractivity contribution in [2.45, 2.75) is 64.8 Å². The molecule has 1 heterocycles. The van der Waals surface area contributed by atoms with Crippen LogP contribution < -0.4 is 4.74 Å². The van der Waals surface area contributed by atoms with Crippen LogP contribution >= 0.6 is 0 Å². The minimum absolute atomic E-state index is 0.361. The van der Waals surface area contributed by atoms with Crippen molar-refractivity contribution in [1.82, 2.24) is 9.80 Å². The summed E-state index contributed by atoms with van der Waals surface area (Å²) in [4.78, 5) is 16.7. The standard InChI is InChI=1S/C22H36N2O2/c1-19(2)23(18-14-20-11-6-7-12-21(20)26-3)15-9-10-17-24-16-8-4-5-13-22(24)25/h6-7,11-12,19H,4-5,8-10,13-18H2,1-3H3. The summed E-state index contributed by atoms with van der Waals surface area (Å²) in [6.07, 6.45) is 7.44. The van der Waals surface area contributed by atoms with Crippen molar-refractivity contribution < 1.29 is 9.53 Å². The lowest BCUT2D eigenvalue weighted by atomic mass is 10.1. The van der Waals surface area contributed by atoms with Gasteiger partial charge >= 0.3 is 0 Å². The molecule has 1 aliphatic rings. The van der Waals surface area contributed by atoms with Crippen LogP contribution in [0.25, 0.3) is 0 Å². The number of para-hydroxylation sites is 1. The van der Waals surface area contributed by atoms with Gasteiger partial charge in [0.2, 0.25) is 5.91 Å². The molecule has 0 aliphatic carbocycles. The van der Waals surface area contributed by atoms with Gasteiger partial charge in [0, 0.05) is 32.1 Å². The highest BCUT2D eigenvalue weighted by Crippen LogP contribution is 2.18. The average molecular weight is 361 g/mol. The van der Waals surface area contributed by atoms with E-state index >= 15 is 0 Å². The first-order valence-corrected chi connectivity index (χ1v) is 10.3. The first kappa shape index (κ1) is 20.8. The minimum atomic E-state index is 0.361. The third-order valence-corrected chi connectivity index (χ3v) is 5.39. The number of carbonyl (C=O) groups excluding carboxylic acids is 1. The SMILES string of the molecule is COc1ccccc1CCN(CCCCN1CCCCCC1=O)C(C)C. The van der Waals surface area contributed by atoms with Gasteiger partial charge in [-0.3, -0.25) is 4.79 Å². The number of ether oxygens (including phenoxy) is 1. The highest BCUT2D eigenvalue weighted by atomic mass is 16.5. The molecule has 0 unspecified atom stereocenters. The average Bonchev–Trinajstić information content (AvgIpc) is 2.85. The van der Waals surface area contributed by atoms with E-state index in [-0.39, 0.29) is 0 Å². The summed E-state index contributed by atoms with van der Waals surface area (Å²) in [5.74, 6) is 1.34. The van der Waals surface area contributed by atoms with E-state index < -0.39 is 0 Å². The number of rotatable bonds is 10. The Kier molecular flexibility index (Phi) is 8.96. The van der Waals surface area contributed by atoms with Crippen molar-refractivity contribution in [3.63, 3.8) is 0 Å². The molecular weight excluding hydrogens is 324 g/mol. The van der Waals surface area contributed by atoms with Crippen LogP contribution in [-0.4, -0.2) is 55.0 Å². The number of carbonyl (C=O) groups is 1. The van der Waals surface area contributed by atoms with Crippen LogP contribution in [0.3, 0.4) is 0 Å². The zero-order valence-electron chi connectivity index (χ0n) is 16.9. The Balaban J connectivity index is 1.74. The van der Waals surface area contributed by atoms with Crippen molar-refractivity contribution in [2.75, 3.05) is 33.3 Å². The molecule has 0 radical (unpaired) electrons. The van der Waals surface area contributed by atoms with E-state index in [2.05, 4.69) is 35.8 Å². The normalized spacial score (nSPS) is 15.6. The Morgan fingerprint density at radius 1 is 1.12 bits per heavy atom. The molecule has 2 rings (SSSR count). The predicted octanol–water partition coefficient (Wildman–Crippen LogP) is 4.13. The van der Waals surface area contributed by atoms with E-state index in [0.717, 1.165) is 64.0 Å². The second kappa shape index (κ2) is 11.2. The Labute approximate surface area is 159 Å². The highest BCUT2D eigenvalue weighted by molar-refractivity contribution is 5.76. The Bertz CT molecular complexity index is 545. The van der Waals surface area contributed by atoms with Crippen LogP contribution in [0, 0.1) is 0 Å². The van der Waals surface area contributed by atoms with Gasteiger partial charge in [-0.2, -0.15) is 0 Å². The fourth-order valence-corrected chi connectivity index (χ4v) is 3.69. The van der Waals surface area contributed by atoms with Gasteiger partial charge < -0.3 is 14.5 Å². The van der Waals surface area contributed by atoms with Crippen LogP contribution in [0.1, 0.15) is 57.9 Å². The molecule has 0 aromatic heterocycles. The number of nitrogens with zero attached hydrogens (tertiary/aromatic N) is 2. The Morgan fingerprint density at radius 3 is 2.69 bits per heavy atom. The zero-order valence-corrected chi connectivity index (χ0v) is 16.9. The van der Waals surface area contributed by atoms with Crippen LogP contribution in [0.5, 0.6) is 5.75 Å². The first-order valence-electron chi connectivity index (χ1n) is 10.3. The van der Waals surface area contributed by atoms with E-state index in [0.29, 0.717) is 11.9 Å². The largest absolute Gasteiger partial charge is 0.496 e. The Morgan fingerprint density at radius 2 is 1.92 bits per heavy atom. The fourth-order valence-electron chi connectivity index (χ4n) is 3.69. The van der Waals surface area contributed by atoms with Gasteiger partial charge in [-0.1, -0.05) is 24.6 Å². The number of methoxy groups -OCH3 is 1. The van der Waals surface area contributed by atoms with Crippen molar-refractivity contribution in [1.29, 1.82) is 0 Å². The summed E-state index contributed by atoms with van der Waals surface area (Å²) in [5, 5.41) is 0. The van der Waals surface area contributed by atoms with Crippen LogP contribution in [0.4, 0.5) is 0 Å². The molecule has 1 aliphatic heterocycles. The molecule has 4 nitrogen and oxygen atoms in total. The number of hydrogen-bond acceptors (Lipinski definition) is 3. The first-order chi connectivity index (χ1) is 12.6. The number of hydrogen-bond donors (Lipinski definition) is 0. The van der Waals surface area contributed by atoms with Gasteiger partial charge in [-0.25, -0.2) is 0 Å². The molecule has 0 N–H and O–H groups in total. The second-order valence-electron chi connectivity index (χ2n) is 7.59. The summed E-state index contributed by atoms with van der Waals surface area (Å²) in [5.41, 5.74) is 1.27. The monoisotopic (exact) mass is 360 g/mol. The summed E-state index contributed by atoms with van der Waals surface area (Å²) < 4.78 is 5.47. The third-order valence-electron chi connectivity index (χ3n) is 5.39. The van der Waals surface area contributed by atoms with Crippen molar-refractivity contribution >= 4 is 5.91 Å². The van der Waals surface area contributed by atoms with E-state index in [9.17, 15) is 4.79 Å².